The minimum absolute atomic E-state index is 0.212. The van der Waals surface area contributed by atoms with E-state index in [1.807, 2.05) is 25.7 Å². The normalized spacial score (nSPS) is 20.2. The molecule has 1 aliphatic heterocycles. The second kappa shape index (κ2) is 9.11. The summed E-state index contributed by atoms with van der Waals surface area (Å²) in [6, 6.07) is 0.341. The number of piperidine rings is 1. The zero-order valence-corrected chi connectivity index (χ0v) is 15.1. The van der Waals surface area contributed by atoms with Crippen LogP contribution in [0, 0.1) is 5.92 Å². The molecule has 134 valence electrons. The topological polar surface area (TPSA) is 84.7 Å². The summed E-state index contributed by atoms with van der Waals surface area (Å²) in [5.74, 6) is 0.200. The van der Waals surface area contributed by atoms with Gasteiger partial charge in [-0.1, -0.05) is 0 Å². The number of primary amides is 1. The summed E-state index contributed by atoms with van der Waals surface area (Å²) in [6.45, 7) is 10.2. The largest absolute Gasteiger partial charge is 0.444 e. The molecule has 1 saturated heterocycles. The van der Waals surface area contributed by atoms with E-state index in [9.17, 15) is 9.59 Å². The van der Waals surface area contributed by atoms with Gasteiger partial charge < -0.3 is 20.7 Å². The van der Waals surface area contributed by atoms with Gasteiger partial charge in [0.2, 0.25) is 5.91 Å². The molecule has 0 aliphatic carbocycles. The third-order valence-corrected chi connectivity index (χ3v) is 4.13. The van der Waals surface area contributed by atoms with E-state index < -0.39 is 5.60 Å². The van der Waals surface area contributed by atoms with E-state index in [-0.39, 0.29) is 12.0 Å². The van der Waals surface area contributed by atoms with E-state index in [2.05, 4.69) is 12.2 Å². The number of hydrogen-bond donors (Lipinski definition) is 2. The molecule has 6 nitrogen and oxygen atoms in total. The van der Waals surface area contributed by atoms with Crippen molar-refractivity contribution in [3.63, 3.8) is 0 Å². The van der Waals surface area contributed by atoms with Crippen molar-refractivity contribution in [2.75, 3.05) is 19.6 Å². The van der Waals surface area contributed by atoms with Crippen LogP contribution in [0.4, 0.5) is 4.79 Å². The Bertz CT molecular complexity index is 393. The van der Waals surface area contributed by atoms with E-state index in [1.54, 1.807) is 0 Å². The molecule has 3 N–H and O–H groups in total. The van der Waals surface area contributed by atoms with E-state index in [4.69, 9.17) is 10.5 Å². The van der Waals surface area contributed by atoms with Crippen molar-refractivity contribution < 1.29 is 14.3 Å². The summed E-state index contributed by atoms with van der Waals surface area (Å²) in [5, 5.41) is 3.50. The second-order valence-electron chi connectivity index (χ2n) is 7.49. The van der Waals surface area contributed by atoms with Gasteiger partial charge in [0, 0.05) is 25.6 Å². The van der Waals surface area contributed by atoms with Gasteiger partial charge in [0.15, 0.2) is 0 Å². The van der Waals surface area contributed by atoms with Gasteiger partial charge in [0.05, 0.1) is 0 Å². The molecule has 1 heterocycles. The molecular formula is C17H33N3O3. The minimum Gasteiger partial charge on any atom is -0.444 e. The zero-order valence-electron chi connectivity index (χ0n) is 15.1. The summed E-state index contributed by atoms with van der Waals surface area (Å²) >= 11 is 0. The molecule has 2 amide bonds. The Balaban J connectivity index is 2.33. The van der Waals surface area contributed by atoms with Gasteiger partial charge in [-0.15, -0.1) is 0 Å². The van der Waals surface area contributed by atoms with Crippen molar-refractivity contribution in [2.45, 2.75) is 71.4 Å². The van der Waals surface area contributed by atoms with Crippen LogP contribution in [0.1, 0.15) is 59.8 Å². The molecule has 1 rings (SSSR count). The maximum absolute atomic E-state index is 12.2. The fourth-order valence-corrected chi connectivity index (χ4v) is 2.83. The zero-order chi connectivity index (χ0) is 17.5. The molecule has 0 bridgehead atoms. The number of hydrogen-bond acceptors (Lipinski definition) is 4. The third-order valence-electron chi connectivity index (χ3n) is 4.13. The first-order valence-corrected chi connectivity index (χ1v) is 8.68. The number of nitrogens with two attached hydrogens (primary N) is 1. The van der Waals surface area contributed by atoms with Crippen LogP contribution >= 0.6 is 0 Å². The Morgan fingerprint density at radius 3 is 2.65 bits per heavy atom. The van der Waals surface area contributed by atoms with Crippen molar-refractivity contribution in [2.24, 2.45) is 11.7 Å². The lowest BCUT2D eigenvalue weighted by atomic mass is 9.91. The highest BCUT2D eigenvalue weighted by Crippen LogP contribution is 2.21. The molecule has 6 heteroatoms. The number of carbonyl (C=O) groups excluding carboxylic acids is 2. The molecule has 0 saturated carbocycles. The molecule has 2 atom stereocenters. The number of carbonyl (C=O) groups is 2. The minimum atomic E-state index is -0.450. The van der Waals surface area contributed by atoms with Crippen molar-refractivity contribution >= 4 is 12.0 Å². The van der Waals surface area contributed by atoms with Gasteiger partial charge in [-0.05, 0) is 65.8 Å². The molecule has 1 aliphatic rings. The Morgan fingerprint density at radius 1 is 1.35 bits per heavy atom. The average molecular weight is 327 g/mol. The third kappa shape index (κ3) is 8.21. The van der Waals surface area contributed by atoms with Gasteiger partial charge in [-0.2, -0.15) is 0 Å². The van der Waals surface area contributed by atoms with E-state index in [0.29, 0.717) is 18.4 Å². The number of likely N-dealkylation sites (tertiary alicyclic amines) is 1. The van der Waals surface area contributed by atoms with Crippen LogP contribution < -0.4 is 11.1 Å². The predicted octanol–water partition coefficient (Wildman–Crippen LogP) is 2.27. The summed E-state index contributed by atoms with van der Waals surface area (Å²) in [6.07, 6.45) is 4.13. The molecule has 0 aromatic heterocycles. The van der Waals surface area contributed by atoms with Crippen LogP contribution in [0.5, 0.6) is 0 Å². The summed E-state index contributed by atoms with van der Waals surface area (Å²) in [7, 11) is 0. The summed E-state index contributed by atoms with van der Waals surface area (Å²) < 4.78 is 5.46. The molecule has 0 aromatic rings. The smallest absolute Gasteiger partial charge is 0.410 e. The Labute approximate surface area is 140 Å². The summed E-state index contributed by atoms with van der Waals surface area (Å²) in [5.41, 5.74) is 4.68. The highest BCUT2D eigenvalue weighted by molar-refractivity contribution is 5.73. The van der Waals surface area contributed by atoms with E-state index in [1.165, 1.54) is 0 Å². The first kappa shape index (κ1) is 19.7. The first-order chi connectivity index (χ1) is 10.7. The van der Waals surface area contributed by atoms with Crippen LogP contribution in [-0.4, -0.2) is 48.2 Å². The van der Waals surface area contributed by atoms with Crippen LogP contribution in [0.15, 0.2) is 0 Å². The number of amides is 2. The predicted molar refractivity (Wildman–Crippen MR) is 91.0 cm³/mol. The lowest BCUT2D eigenvalue weighted by Gasteiger charge is -2.36. The van der Waals surface area contributed by atoms with Gasteiger partial charge in [0.25, 0.3) is 0 Å². The fraction of sp³-hybridized carbons (Fsp3) is 0.882. The molecule has 2 unspecified atom stereocenters. The second-order valence-corrected chi connectivity index (χ2v) is 7.49. The van der Waals surface area contributed by atoms with Crippen LogP contribution in [0.25, 0.3) is 0 Å². The molecule has 0 radical (unpaired) electrons. The van der Waals surface area contributed by atoms with Crippen molar-refractivity contribution in [1.82, 2.24) is 10.2 Å². The number of nitrogens with one attached hydrogen (secondary N) is 1. The van der Waals surface area contributed by atoms with Crippen molar-refractivity contribution in [3.8, 4) is 0 Å². The number of rotatable bonds is 7. The molecule has 23 heavy (non-hydrogen) atoms. The standard InChI is InChI=1S/C17H33N3O3/c1-13(19-10-6-5-9-15(18)21)14-8-7-11-20(12-14)16(22)23-17(2,3)4/h13-14,19H,5-12H2,1-4H3,(H2,18,21). The maximum atomic E-state index is 12.2. The molecule has 0 aromatic carbocycles. The SMILES string of the molecule is CC(NCCCCC(N)=O)C1CCCN(C(=O)OC(C)(C)C)C1. The number of nitrogens with zero attached hydrogens (tertiary/aromatic N) is 1. The van der Waals surface area contributed by atoms with Crippen molar-refractivity contribution in [3.05, 3.63) is 0 Å². The van der Waals surface area contributed by atoms with Gasteiger partial charge >= 0.3 is 6.09 Å². The average Bonchev–Trinajstić information content (AvgIpc) is 2.44. The Hall–Kier alpha value is -1.30. The highest BCUT2D eigenvalue weighted by Gasteiger charge is 2.29. The van der Waals surface area contributed by atoms with Crippen molar-refractivity contribution in [1.29, 1.82) is 0 Å². The molecule has 1 fully saturated rings. The monoisotopic (exact) mass is 327 g/mol. The van der Waals surface area contributed by atoms with E-state index >= 15 is 0 Å². The van der Waals surface area contributed by atoms with Crippen LogP contribution in [0.2, 0.25) is 0 Å². The lowest BCUT2D eigenvalue weighted by Crippen LogP contribution is -2.48. The Morgan fingerprint density at radius 2 is 2.04 bits per heavy atom. The van der Waals surface area contributed by atoms with Gasteiger partial charge in [-0.3, -0.25) is 4.79 Å². The Kier molecular flexibility index (Phi) is 7.82. The fourth-order valence-electron chi connectivity index (χ4n) is 2.83. The number of unbranched alkanes of at least 4 members (excludes halogenated alkanes) is 1. The lowest BCUT2D eigenvalue weighted by molar-refractivity contribution is -0.118. The van der Waals surface area contributed by atoms with Gasteiger partial charge in [0.1, 0.15) is 5.60 Å². The maximum Gasteiger partial charge on any atom is 0.410 e. The van der Waals surface area contributed by atoms with Gasteiger partial charge in [-0.25, -0.2) is 4.79 Å². The van der Waals surface area contributed by atoms with Crippen LogP contribution in [0.3, 0.4) is 0 Å². The number of ether oxygens (including phenoxy) is 1. The summed E-state index contributed by atoms with van der Waals surface area (Å²) in [4.78, 5) is 24.7. The van der Waals surface area contributed by atoms with Crippen LogP contribution in [-0.2, 0) is 9.53 Å². The highest BCUT2D eigenvalue weighted by atomic mass is 16.6. The first-order valence-electron chi connectivity index (χ1n) is 8.68. The quantitative estimate of drug-likeness (QED) is 0.703. The molecular weight excluding hydrogens is 294 g/mol. The molecule has 0 spiro atoms. The van der Waals surface area contributed by atoms with E-state index in [0.717, 1.165) is 45.3 Å².